The number of thiol groups is 1. The molecule has 121 heavy (non-hydrogen) atoms. The maximum Gasteiger partial charge on any atom is 0.256 e. The van der Waals surface area contributed by atoms with Crippen LogP contribution in [-0.2, 0) is 84.8 Å². The highest BCUT2D eigenvalue weighted by atomic mass is 32.2. The summed E-state index contributed by atoms with van der Waals surface area (Å²) >= 11 is 5.48. The molecule has 2 heterocycles. The quantitative estimate of drug-likeness (QED) is 0.0224. The minimum absolute atomic E-state index is 0.0132. The van der Waals surface area contributed by atoms with Crippen molar-refractivity contribution in [1.29, 1.82) is 0 Å². The van der Waals surface area contributed by atoms with E-state index in [1.165, 1.54) is 57.0 Å². The molecule has 39 heteroatoms. The minimum Gasteiger partial charge on any atom is -0.394 e. The number of nitrogens with one attached hydrogen (secondary N) is 13. The number of para-hydroxylation sites is 1. The summed E-state index contributed by atoms with van der Waals surface area (Å²) in [6.07, 6.45) is 9.61. The van der Waals surface area contributed by atoms with Gasteiger partial charge in [-0.25, -0.2) is 4.98 Å². The number of nitrogens with zero attached hydrogens (tertiary/aromatic N) is 3. The lowest BCUT2D eigenvalue weighted by Crippen LogP contribution is -2.64. The summed E-state index contributed by atoms with van der Waals surface area (Å²) in [4.78, 5) is 220. The summed E-state index contributed by atoms with van der Waals surface area (Å²) in [6, 6.07) is -4.44. The molecule has 0 saturated heterocycles. The van der Waals surface area contributed by atoms with Gasteiger partial charge >= 0.3 is 0 Å². The Hall–Kier alpha value is -9.28. The zero-order chi connectivity index (χ0) is 89.7. The monoisotopic (exact) mass is 1730 g/mol. The molecule has 7 rings (SSSR count). The number of likely N-dealkylation sites (N-methyl/N-ethyl adjacent to an activating group) is 1. The number of rotatable bonds is 44. The van der Waals surface area contributed by atoms with Crippen LogP contribution in [0.25, 0.3) is 10.9 Å². The van der Waals surface area contributed by atoms with E-state index in [2.05, 4.69) is 107 Å². The van der Waals surface area contributed by atoms with Crippen molar-refractivity contribution in [3.8, 4) is 0 Å². The number of hydrogen-bond acceptors (Lipinski definition) is 23. The van der Waals surface area contributed by atoms with Gasteiger partial charge in [-0.2, -0.15) is 24.4 Å². The second kappa shape index (κ2) is 44.7. The molecule has 0 bridgehead atoms. The van der Waals surface area contributed by atoms with Gasteiger partial charge in [0.1, 0.15) is 60.5 Å². The number of aromatic amines is 2. The van der Waals surface area contributed by atoms with Crippen molar-refractivity contribution < 1.29 is 87.2 Å². The Morgan fingerprint density at radius 3 is 1.94 bits per heavy atom. The van der Waals surface area contributed by atoms with Gasteiger partial charge in [0.15, 0.2) is 0 Å². The number of benzene rings is 1. The molecule has 20 atom stereocenters. The number of amides is 15. The number of fused-ring (bicyclic) bond motifs is 6. The SMILES string of the molecule is CSCC[C@@](C)(C(=O)N(CNC(C)=O)C(=O)CC[C@@H](C)[C@H]1CCC2C3C(C[C@H](O)[C@@]21C)[C@@]1(C)CC[C@H](N)C[C@H]1C[C@H]3O)N(C)C(=O)[C@H](CC(C)C)NC(=O)[C@H](Cc1cnc[nH]1)NC(=O)CNC(=O)[C@@H](NC(=O)[C@H](C)NC(=O)[C@H](Cc1c[nH]c2ccccc12)NC(=O)[C@H](CCC(N)=O)NC(=O)CNC(=O)[C@H](CS)NC(=O)[C@H](CO)NC(=O)CN)C(C)C. The standard InChI is InChI=1S/C82H129N19O18S2/c1-42(2)27-59(78(118)100(11)81(9,25-26-121-12)79(119)101(41-91-46(7)103)68(110)22-17-44(5)52-18-19-53-69-54(32-63(105)82(52,53)10)80(8)24-23-49(84)29-48(80)30-62(69)104)97-75(115)58(31-50-35-86-40-90-50)94-67(109)37-89-77(117)70(43(3)4)99-71(111)45(6)92-74(114)57(28-47-34-87-55-16-14-13-15-51(47)55)96-73(113)56(20-21-64(85)106)93-66(108)36-88-72(112)61(39-120)98-76(116)60(38-102)95-65(107)33-83/h13-16,34-35,40,42-45,48-49,52-54,56-63,69-70,87,102,104-105,120H,17-33,36-39,41,83-84H2,1-12H3,(H2,85,106)(H,86,90)(H,88,112)(H,89,117)(H,91,103)(H,92,114)(H,93,108)(H,94,109)(H,95,107)(H,96,113)(H,97,115)(H,98,116)(H,99,111)/t44-,45+,48+,49+,52-,53?,54?,56+,57+,58+,59+,60+,61+,62-,63+,69?,70+,80+,81+,82-/m1/s1. The second-order valence-electron chi connectivity index (χ2n) is 34.6. The molecule has 4 aliphatic rings. The first-order valence-corrected chi connectivity index (χ1v) is 43.7. The van der Waals surface area contributed by atoms with E-state index in [1.807, 2.05) is 20.1 Å². The third-order valence-corrected chi connectivity index (χ3v) is 26.4. The van der Waals surface area contributed by atoms with Crippen LogP contribution in [0, 0.1) is 58.2 Å². The van der Waals surface area contributed by atoms with E-state index in [0.29, 0.717) is 47.2 Å². The van der Waals surface area contributed by atoms with Crippen molar-refractivity contribution in [3.05, 3.63) is 54.2 Å². The fourth-order valence-corrected chi connectivity index (χ4v) is 19.2. The van der Waals surface area contributed by atoms with Crippen LogP contribution in [0.15, 0.2) is 43.0 Å². The number of imidazole rings is 1. The molecule has 37 nitrogen and oxygen atoms in total. The zero-order valence-corrected chi connectivity index (χ0v) is 73.2. The summed E-state index contributed by atoms with van der Waals surface area (Å²) in [6.45, 7) is 14.1. The molecule has 0 spiro atoms. The normalized spacial score (nSPS) is 23.8. The van der Waals surface area contributed by atoms with E-state index in [1.54, 1.807) is 44.3 Å². The zero-order valence-electron chi connectivity index (χ0n) is 71.5. The number of nitrogens with two attached hydrogens (primary N) is 3. The van der Waals surface area contributed by atoms with Crippen molar-refractivity contribution in [2.45, 2.75) is 238 Å². The van der Waals surface area contributed by atoms with E-state index in [0.717, 1.165) is 37.0 Å². The fourth-order valence-electron chi connectivity index (χ4n) is 18.3. The van der Waals surface area contributed by atoms with Gasteiger partial charge in [-0.3, -0.25) is 76.8 Å². The molecule has 3 unspecified atom stereocenters. The number of H-pyrrole nitrogens is 2. The lowest BCUT2D eigenvalue weighted by molar-refractivity contribution is -0.202. The fraction of sp³-hybridized carbons (Fsp3) is 0.683. The predicted molar refractivity (Wildman–Crippen MR) is 453 cm³/mol. The molecule has 15 amide bonds. The number of carbonyl (C=O) groups is 15. The van der Waals surface area contributed by atoms with Crippen LogP contribution >= 0.6 is 24.4 Å². The number of imide groups is 1. The Bertz CT molecular complexity index is 4150. The van der Waals surface area contributed by atoms with Crippen molar-refractivity contribution in [3.63, 3.8) is 0 Å². The van der Waals surface area contributed by atoms with Crippen LogP contribution in [0.2, 0.25) is 0 Å². The Morgan fingerprint density at radius 2 is 1.32 bits per heavy atom. The topological polar surface area (TPSA) is 578 Å². The number of carbonyl (C=O) groups excluding carboxylic acids is 15. The van der Waals surface area contributed by atoms with E-state index in [9.17, 15) is 77.6 Å². The predicted octanol–water partition coefficient (Wildman–Crippen LogP) is -1.58. The minimum atomic E-state index is -1.76. The summed E-state index contributed by atoms with van der Waals surface area (Å²) in [7, 11) is 1.41. The highest BCUT2D eigenvalue weighted by molar-refractivity contribution is 7.98. The van der Waals surface area contributed by atoms with E-state index in [-0.39, 0.29) is 90.7 Å². The number of aromatic nitrogens is 3. The molecular weight excluding hydrogens is 1600 g/mol. The molecule has 4 aliphatic carbocycles. The Labute approximate surface area is 715 Å². The molecule has 0 radical (unpaired) electrons. The highest BCUT2D eigenvalue weighted by Crippen LogP contribution is 2.68. The highest BCUT2D eigenvalue weighted by Gasteiger charge is 2.66. The van der Waals surface area contributed by atoms with Crippen molar-refractivity contribution in [1.82, 2.24) is 83.2 Å². The maximum atomic E-state index is 15.5. The lowest BCUT2D eigenvalue weighted by Gasteiger charge is -2.63. The number of hydrogen-bond donors (Lipinski definition) is 20. The van der Waals surface area contributed by atoms with Crippen LogP contribution in [0.1, 0.15) is 164 Å². The van der Waals surface area contributed by atoms with E-state index >= 15 is 9.59 Å². The van der Waals surface area contributed by atoms with E-state index in [4.69, 9.17) is 17.2 Å². The van der Waals surface area contributed by atoms with Crippen molar-refractivity contribution in [2.75, 3.05) is 57.7 Å². The van der Waals surface area contributed by atoms with Crippen LogP contribution in [0.5, 0.6) is 0 Å². The maximum absolute atomic E-state index is 15.5. The molecule has 3 aromatic rings. The van der Waals surface area contributed by atoms with E-state index < -0.39 is 212 Å². The Kier molecular flexibility index (Phi) is 36.5. The van der Waals surface area contributed by atoms with Crippen molar-refractivity contribution in [2.24, 2.45) is 75.4 Å². The van der Waals surface area contributed by atoms with Gasteiger partial charge in [0.25, 0.3) is 5.91 Å². The molecule has 0 aliphatic heterocycles. The molecule has 672 valence electrons. The third kappa shape index (κ3) is 25.5. The van der Waals surface area contributed by atoms with Gasteiger partial charge in [0.2, 0.25) is 82.7 Å². The van der Waals surface area contributed by atoms with Crippen molar-refractivity contribution >= 4 is 124 Å². The van der Waals surface area contributed by atoms with Crippen LogP contribution in [0.4, 0.5) is 0 Å². The van der Waals surface area contributed by atoms with Gasteiger partial charge in [-0.15, -0.1) is 0 Å². The average molecular weight is 1730 g/mol. The molecule has 22 N–H and O–H groups in total. The molecule has 4 saturated carbocycles. The first kappa shape index (κ1) is 98.8. The first-order valence-electron chi connectivity index (χ1n) is 41.7. The lowest BCUT2D eigenvalue weighted by atomic mass is 9.43. The van der Waals surface area contributed by atoms with Gasteiger partial charge in [0, 0.05) is 80.4 Å². The van der Waals surface area contributed by atoms with Gasteiger partial charge in [-0.05, 0) is 166 Å². The number of thioether (sulfide) groups is 1. The average Bonchev–Trinajstić information content (AvgIpc) is 1.64. The van der Waals surface area contributed by atoms with Crippen LogP contribution in [-0.4, -0.2) is 259 Å². The summed E-state index contributed by atoms with van der Waals surface area (Å²) in [5, 5.41) is 62.2. The molecule has 2 aromatic heterocycles. The van der Waals surface area contributed by atoms with Crippen LogP contribution < -0.4 is 75.7 Å². The molecule has 4 fully saturated rings. The third-order valence-electron chi connectivity index (χ3n) is 25.5. The summed E-state index contributed by atoms with van der Waals surface area (Å²) in [5.41, 5.74) is 16.4. The van der Waals surface area contributed by atoms with Gasteiger partial charge in [0.05, 0.1) is 44.8 Å². The molecule has 1 aromatic carbocycles. The molecular formula is C82H129N19O18S2. The number of primary amides is 1. The van der Waals surface area contributed by atoms with Gasteiger partial charge < -0.3 is 106 Å². The Morgan fingerprint density at radius 1 is 0.702 bits per heavy atom. The first-order chi connectivity index (χ1) is 57.1. The Balaban J connectivity index is 1.00. The second-order valence-corrected chi connectivity index (χ2v) is 35.9. The summed E-state index contributed by atoms with van der Waals surface area (Å²) < 4.78 is 0. The largest absolute Gasteiger partial charge is 0.394 e. The summed E-state index contributed by atoms with van der Waals surface area (Å²) in [5.74, 6) is -13.1. The smallest absolute Gasteiger partial charge is 0.256 e. The van der Waals surface area contributed by atoms with Crippen LogP contribution in [0.3, 0.4) is 0 Å². The number of aliphatic hydroxyl groups excluding tert-OH is 3. The van der Waals surface area contributed by atoms with Gasteiger partial charge in [-0.1, -0.05) is 66.7 Å². The number of aliphatic hydroxyl groups is 3.